The highest BCUT2D eigenvalue weighted by Crippen LogP contribution is 2.35. The molecule has 1 amide bonds. The summed E-state index contributed by atoms with van der Waals surface area (Å²) < 4.78 is 10.8. The minimum atomic E-state index is -0.753. The van der Waals surface area contributed by atoms with Crippen LogP contribution in [0.4, 0.5) is 5.69 Å². The summed E-state index contributed by atoms with van der Waals surface area (Å²) in [6.45, 7) is 3.69. The number of rotatable bonds is 5. The smallest absolute Gasteiger partial charge is 0.347 e. The Balaban J connectivity index is 1.75. The maximum Gasteiger partial charge on any atom is 0.347 e. The topological polar surface area (TPSA) is 77.5 Å². The standard InChI is InChI=1S/C23H20N2O4/c1-3-28-23(27)14(2)29-20-11-10-15(16-8-6-12-24-21(16)20)13-18-17-7-4-5-9-19(17)25-22(18)26/h4-14H,3H2,1-2H3,(H,25,26)/b18-13-. The Hall–Kier alpha value is -3.67. The Morgan fingerprint density at radius 3 is 2.83 bits per heavy atom. The third-order valence-corrected chi connectivity index (χ3v) is 4.70. The lowest BCUT2D eigenvalue weighted by Crippen LogP contribution is -2.26. The van der Waals surface area contributed by atoms with E-state index in [1.807, 2.05) is 48.5 Å². The predicted molar refractivity (Wildman–Crippen MR) is 111 cm³/mol. The van der Waals surface area contributed by atoms with Gasteiger partial charge in [-0.15, -0.1) is 0 Å². The number of carbonyl (C=O) groups is 2. The number of nitrogens with zero attached hydrogens (tertiary/aromatic N) is 1. The summed E-state index contributed by atoms with van der Waals surface area (Å²) in [5.74, 6) is -0.0823. The number of fused-ring (bicyclic) bond motifs is 2. The molecule has 3 aromatic rings. The number of ether oxygens (including phenoxy) is 2. The van der Waals surface area contributed by atoms with E-state index in [0.717, 1.165) is 22.2 Å². The molecule has 1 aliphatic rings. The van der Waals surface area contributed by atoms with E-state index in [4.69, 9.17) is 9.47 Å². The molecule has 0 bridgehead atoms. The van der Waals surface area contributed by atoms with Gasteiger partial charge in [-0.2, -0.15) is 0 Å². The van der Waals surface area contributed by atoms with E-state index in [1.165, 1.54) is 0 Å². The number of anilines is 1. The SMILES string of the molecule is CCOC(=O)C(C)Oc1ccc(/C=C2\C(=O)Nc3ccccc32)c2cccnc12. The number of carbonyl (C=O) groups excluding carboxylic acids is 2. The molecule has 29 heavy (non-hydrogen) atoms. The largest absolute Gasteiger partial charge is 0.477 e. The van der Waals surface area contributed by atoms with Crippen molar-refractivity contribution < 1.29 is 19.1 Å². The monoisotopic (exact) mass is 388 g/mol. The molecular weight excluding hydrogens is 368 g/mol. The maximum absolute atomic E-state index is 12.4. The normalized spacial score (nSPS) is 15.1. The molecule has 0 aliphatic carbocycles. The molecule has 0 saturated heterocycles. The van der Waals surface area contributed by atoms with Crippen molar-refractivity contribution in [3.8, 4) is 5.75 Å². The number of aromatic nitrogens is 1. The van der Waals surface area contributed by atoms with Crippen LogP contribution in [0.3, 0.4) is 0 Å². The van der Waals surface area contributed by atoms with Crippen LogP contribution in [-0.2, 0) is 14.3 Å². The highest BCUT2D eigenvalue weighted by atomic mass is 16.6. The van der Waals surface area contributed by atoms with Crippen molar-refractivity contribution in [3.05, 3.63) is 65.9 Å². The van der Waals surface area contributed by atoms with Gasteiger partial charge in [-0.05, 0) is 43.7 Å². The van der Waals surface area contributed by atoms with E-state index >= 15 is 0 Å². The summed E-state index contributed by atoms with van der Waals surface area (Å²) in [5.41, 5.74) is 3.72. The summed E-state index contributed by atoms with van der Waals surface area (Å²) in [6, 6.07) is 14.9. The number of hydrogen-bond acceptors (Lipinski definition) is 5. The molecule has 0 radical (unpaired) electrons. The molecule has 146 valence electrons. The van der Waals surface area contributed by atoms with Crippen LogP contribution < -0.4 is 10.1 Å². The molecule has 1 unspecified atom stereocenters. The van der Waals surface area contributed by atoms with Gasteiger partial charge in [0.1, 0.15) is 11.3 Å². The van der Waals surface area contributed by atoms with E-state index in [2.05, 4.69) is 10.3 Å². The Morgan fingerprint density at radius 2 is 2.00 bits per heavy atom. The number of pyridine rings is 1. The molecule has 0 spiro atoms. The highest BCUT2D eigenvalue weighted by molar-refractivity contribution is 6.35. The van der Waals surface area contributed by atoms with Crippen LogP contribution >= 0.6 is 0 Å². The first-order valence-corrected chi connectivity index (χ1v) is 9.42. The van der Waals surface area contributed by atoms with Crippen LogP contribution in [0, 0.1) is 0 Å². The first kappa shape index (κ1) is 18.7. The zero-order valence-electron chi connectivity index (χ0n) is 16.1. The third-order valence-electron chi connectivity index (χ3n) is 4.70. The number of para-hydroxylation sites is 1. The van der Waals surface area contributed by atoms with E-state index in [-0.39, 0.29) is 5.91 Å². The summed E-state index contributed by atoms with van der Waals surface area (Å²) in [6.07, 6.45) is 2.76. The minimum absolute atomic E-state index is 0.139. The molecule has 1 aliphatic heterocycles. The second kappa shape index (κ2) is 7.75. The van der Waals surface area contributed by atoms with E-state index in [0.29, 0.717) is 23.4 Å². The molecule has 6 heteroatoms. The van der Waals surface area contributed by atoms with Crippen molar-refractivity contribution in [2.24, 2.45) is 0 Å². The molecule has 2 heterocycles. The number of nitrogens with one attached hydrogen (secondary N) is 1. The Morgan fingerprint density at radius 1 is 1.17 bits per heavy atom. The first-order valence-electron chi connectivity index (χ1n) is 9.42. The van der Waals surface area contributed by atoms with Gasteiger partial charge in [-0.25, -0.2) is 4.79 Å². The number of amides is 1. The van der Waals surface area contributed by atoms with Gasteiger partial charge in [0.15, 0.2) is 6.10 Å². The number of hydrogen-bond donors (Lipinski definition) is 1. The average molecular weight is 388 g/mol. The number of esters is 1. The zero-order chi connectivity index (χ0) is 20.4. The van der Waals surface area contributed by atoms with Crippen LogP contribution in [0.2, 0.25) is 0 Å². The predicted octanol–water partition coefficient (Wildman–Crippen LogP) is 4.06. The van der Waals surface area contributed by atoms with Gasteiger partial charge < -0.3 is 14.8 Å². The maximum atomic E-state index is 12.4. The van der Waals surface area contributed by atoms with Gasteiger partial charge in [0, 0.05) is 28.4 Å². The van der Waals surface area contributed by atoms with Gasteiger partial charge in [0.05, 0.1) is 6.61 Å². The van der Waals surface area contributed by atoms with Crippen LogP contribution in [0.25, 0.3) is 22.6 Å². The van der Waals surface area contributed by atoms with Crippen molar-refractivity contribution >= 4 is 40.1 Å². The van der Waals surface area contributed by atoms with Crippen LogP contribution in [0.15, 0.2) is 54.7 Å². The number of benzene rings is 2. The molecular formula is C23H20N2O4. The zero-order valence-corrected chi connectivity index (χ0v) is 16.1. The lowest BCUT2D eigenvalue weighted by molar-refractivity contribution is -0.150. The highest BCUT2D eigenvalue weighted by Gasteiger charge is 2.24. The second-order valence-electron chi connectivity index (χ2n) is 6.62. The van der Waals surface area contributed by atoms with Gasteiger partial charge in [0.2, 0.25) is 0 Å². The van der Waals surface area contributed by atoms with Crippen LogP contribution in [0.1, 0.15) is 25.0 Å². The van der Waals surface area contributed by atoms with Crippen molar-refractivity contribution in [1.29, 1.82) is 0 Å². The molecule has 0 saturated carbocycles. The molecule has 2 aromatic carbocycles. The van der Waals surface area contributed by atoms with Crippen LogP contribution in [0.5, 0.6) is 5.75 Å². The van der Waals surface area contributed by atoms with E-state index in [1.54, 1.807) is 26.1 Å². The second-order valence-corrected chi connectivity index (χ2v) is 6.62. The van der Waals surface area contributed by atoms with Crippen molar-refractivity contribution in [2.75, 3.05) is 11.9 Å². The lowest BCUT2D eigenvalue weighted by Gasteiger charge is -2.15. The molecule has 0 fully saturated rings. The Bertz CT molecular complexity index is 1140. The fourth-order valence-corrected chi connectivity index (χ4v) is 3.33. The van der Waals surface area contributed by atoms with Crippen LogP contribution in [-0.4, -0.2) is 29.6 Å². The quantitative estimate of drug-likeness (QED) is 0.527. The van der Waals surface area contributed by atoms with Crippen molar-refractivity contribution in [3.63, 3.8) is 0 Å². The Labute approximate surface area is 168 Å². The first-order chi connectivity index (χ1) is 14.1. The molecule has 4 rings (SSSR count). The average Bonchev–Trinajstić information content (AvgIpc) is 3.05. The molecule has 1 N–H and O–H groups in total. The summed E-state index contributed by atoms with van der Waals surface area (Å²) in [7, 11) is 0. The third kappa shape index (κ3) is 3.57. The summed E-state index contributed by atoms with van der Waals surface area (Å²) in [5, 5.41) is 3.70. The molecule has 6 nitrogen and oxygen atoms in total. The fraction of sp³-hybridized carbons (Fsp3) is 0.174. The van der Waals surface area contributed by atoms with Crippen molar-refractivity contribution in [2.45, 2.75) is 20.0 Å². The fourth-order valence-electron chi connectivity index (χ4n) is 3.33. The van der Waals surface area contributed by atoms with Gasteiger partial charge in [0.25, 0.3) is 5.91 Å². The van der Waals surface area contributed by atoms with Gasteiger partial charge in [-0.1, -0.05) is 30.3 Å². The Kier molecular flexibility index (Phi) is 4.99. The lowest BCUT2D eigenvalue weighted by atomic mass is 10.0. The van der Waals surface area contributed by atoms with Gasteiger partial charge in [-0.3, -0.25) is 9.78 Å². The van der Waals surface area contributed by atoms with E-state index < -0.39 is 12.1 Å². The minimum Gasteiger partial charge on any atom is -0.477 e. The van der Waals surface area contributed by atoms with Gasteiger partial charge >= 0.3 is 5.97 Å². The molecule has 1 atom stereocenters. The summed E-state index contributed by atoms with van der Waals surface area (Å²) in [4.78, 5) is 28.8. The van der Waals surface area contributed by atoms with E-state index in [9.17, 15) is 9.59 Å². The molecule has 1 aromatic heterocycles. The summed E-state index contributed by atoms with van der Waals surface area (Å²) >= 11 is 0. The van der Waals surface area contributed by atoms with Crippen molar-refractivity contribution in [1.82, 2.24) is 4.98 Å².